The maximum absolute atomic E-state index is 5.71. The molecule has 0 fully saturated rings. The van der Waals surface area contributed by atoms with Crippen LogP contribution < -0.4 is 11.5 Å². The first-order valence-electron chi connectivity index (χ1n) is 4.53. The van der Waals surface area contributed by atoms with Crippen molar-refractivity contribution in [3.63, 3.8) is 0 Å². The number of hydrogen-bond acceptors (Lipinski definition) is 2. The first kappa shape index (κ1) is 10.9. The number of benzene rings is 1. The molecule has 0 aromatic heterocycles. The Balaban J connectivity index is 2.92. The lowest BCUT2D eigenvalue weighted by Gasteiger charge is -2.05. The van der Waals surface area contributed by atoms with E-state index in [1.54, 1.807) is 0 Å². The number of allylic oxidation sites excluding steroid dienone is 1. The minimum absolute atomic E-state index is 0.626. The summed E-state index contributed by atoms with van der Waals surface area (Å²) in [5.41, 5.74) is 14.9. The molecule has 0 amide bonds. The third kappa shape index (κ3) is 2.67. The third-order valence-corrected chi connectivity index (χ3v) is 2.26. The molecule has 0 radical (unpaired) electrons. The first-order chi connectivity index (χ1) is 6.65. The summed E-state index contributed by atoms with van der Waals surface area (Å²) in [6.07, 6.45) is 4.92. The van der Waals surface area contributed by atoms with E-state index in [0.717, 1.165) is 17.5 Å². The number of nitrogens with two attached hydrogens (primary N) is 2. The van der Waals surface area contributed by atoms with Crippen LogP contribution >= 0.6 is 11.6 Å². The summed E-state index contributed by atoms with van der Waals surface area (Å²) >= 11 is 5.57. The van der Waals surface area contributed by atoms with Gasteiger partial charge in [-0.2, -0.15) is 0 Å². The monoisotopic (exact) mass is 210 g/mol. The van der Waals surface area contributed by atoms with Gasteiger partial charge < -0.3 is 11.5 Å². The van der Waals surface area contributed by atoms with Crippen LogP contribution in [-0.2, 0) is 0 Å². The van der Waals surface area contributed by atoms with Crippen molar-refractivity contribution in [3.05, 3.63) is 29.3 Å². The van der Waals surface area contributed by atoms with Gasteiger partial charge in [0.15, 0.2) is 0 Å². The Morgan fingerprint density at radius 3 is 2.57 bits per heavy atom. The normalized spacial score (nSPS) is 11.0. The summed E-state index contributed by atoms with van der Waals surface area (Å²) in [6.45, 7) is 2.01. The zero-order chi connectivity index (χ0) is 10.6. The standard InChI is InChI=1S/C11H15ClN2/c1-8-6-10(13)11(14)7-9(8)4-2-3-5-12/h2,4,6-7H,3,5,13-14H2,1H3. The van der Waals surface area contributed by atoms with Crippen LogP contribution in [0.1, 0.15) is 17.5 Å². The second-order valence-electron chi connectivity index (χ2n) is 3.22. The fourth-order valence-corrected chi connectivity index (χ4v) is 1.34. The molecule has 1 aromatic carbocycles. The van der Waals surface area contributed by atoms with Crippen LogP contribution in [0.3, 0.4) is 0 Å². The number of halogens is 1. The van der Waals surface area contributed by atoms with Gasteiger partial charge in [0.05, 0.1) is 11.4 Å². The highest BCUT2D eigenvalue weighted by molar-refractivity contribution is 6.17. The molecular formula is C11H15ClN2. The predicted molar refractivity (Wildman–Crippen MR) is 64.4 cm³/mol. The van der Waals surface area contributed by atoms with E-state index >= 15 is 0 Å². The van der Waals surface area contributed by atoms with Crippen molar-refractivity contribution in [1.29, 1.82) is 0 Å². The summed E-state index contributed by atoms with van der Waals surface area (Å²) in [7, 11) is 0. The summed E-state index contributed by atoms with van der Waals surface area (Å²) < 4.78 is 0. The van der Waals surface area contributed by atoms with Crippen LogP contribution in [0.2, 0.25) is 0 Å². The van der Waals surface area contributed by atoms with E-state index in [-0.39, 0.29) is 0 Å². The van der Waals surface area contributed by atoms with Gasteiger partial charge in [-0.05, 0) is 36.6 Å². The number of nitrogen functional groups attached to an aromatic ring is 2. The molecule has 1 aromatic rings. The van der Waals surface area contributed by atoms with E-state index in [2.05, 4.69) is 0 Å². The zero-order valence-electron chi connectivity index (χ0n) is 8.26. The smallest absolute Gasteiger partial charge is 0.0553 e. The molecule has 0 aliphatic heterocycles. The molecule has 0 spiro atoms. The van der Waals surface area contributed by atoms with E-state index in [1.807, 2.05) is 31.2 Å². The second kappa shape index (κ2) is 4.91. The number of anilines is 2. The van der Waals surface area contributed by atoms with Gasteiger partial charge in [0.25, 0.3) is 0 Å². The lowest BCUT2D eigenvalue weighted by atomic mass is 10.1. The molecule has 0 heterocycles. The van der Waals surface area contributed by atoms with Gasteiger partial charge in [-0.3, -0.25) is 0 Å². The summed E-state index contributed by atoms with van der Waals surface area (Å²) in [6, 6.07) is 3.77. The Bertz CT molecular complexity index is 345. The van der Waals surface area contributed by atoms with Gasteiger partial charge in [0, 0.05) is 5.88 Å². The maximum atomic E-state index is 5.71. The molecule has 76 valence electrons. The highest BCUT2D eigenvalue weighted by atomic mass is 35.5. The highest BCUT2D eigenvalue weighted by Gasteiger charge is 1.99. The number of hydrogen-bond donors (Lipinski definition) is 2. The van der Waals surface area contributed by atoms with Crippen molar-refractivity contribution >= 4 is 29.1 Å². The summed E-state index contributed by atoms with van der Waals surface area (Å²) in [5, 5.41) is 0. The highest BCUT2D eigenvalue weighted by Crippen LogP contribution is 2.21. The van der Waals surface area contributed by atoms with E-state index in [1.165, 1.54) is 0 Å². The third-order valence-electron chi connectivity index (χ3n) is 2.04. The lowest BCUT2D eigenvalue weighted by Crippen LogP contribution is -1.96. The Labute approximate surface area is 89.5 Å². The fraction of sp³-hybridized carbons (Fsp3) is 0.273. The zero-order valence-corrected chi connectivity index (χ0v) is 9.01. The van der Waals surface area contributed by atoms with E-state index in [4.69, 9.17) is 23.1 Å². The van der Waals surface area contributed by atoms with Gasteiger partial charge in [0.2, 0.25) is 0 Å². The quantitative estimate of drug-likeness (QED) is 0.596. The molecular weight excluding hydrogens is 196 g/mol. The average Bonchev–Trinajstić information content (AvgIpc) is 2.14. The first-order valence-corrected chi connectivity index (χ1v) is 5.06. The Morgan fingerprint density at radius 2 is 1.93 bits per heavy atom. The maximum Gasteiger partial charge on any atom is 0.0553 e. The predicted octanol–water partition coefficient (Wildman–Crippen LogP) is 2.80. The largest absolute Gasteiger partial charge is 0.397 e. The van der Waals surface area contributed by atoms with Crippen molar-refractivity contribution in [3.8, 4) is 0 Å². The SMILES string of the molecule is Cc1cc(N)c(N)cc1C=CCCCl. The van der Waals surface area contributed by atoms with E-state index < -0.39 is 0 Å². The van der Waals surface area contributed by atoms with Crippen LogP contribution in [0.15, 0.2) is 18.2 Å². The summed E-state index contributed by atoms with van der Waals surface area (Å²) in [4.78, 5) is 0. The molecule has 0 saturated carbocycles. The van der Waals surface area contributed by atoms with Crippen molar-refractivity contribution < 1.29 is 0 Å². The molecule has 1 rings (SSSR count). The molecule has 0 aliphatic rings. The molecule has 2 nitrogen and oxygen atoms in total. The average molecular weight is 211 g/mol. The van der Waals surface area contributed by atoms with Crippen molar-refractivity contribution in [1.82, 2.24) is 0 Å². The number of alkyl halides is 1. The van der Waals surface area contributed by atoms with Crippen LogP contribution in [-0.4, -0.2) is 5.88 Å². The van der Waals surface area contributed by atoms with Crippen LogP contribution in [0.5, 0.6) is 0 Å². The molecule has 4 N–H and O–H groups in total. The molecule has 14 heavy (non-hydrogen) atoms. The second-order valence-corrected chi connectivity index (χ2v) is 3.60. The Kier molecular flexibility index (Phi) is 3.84. The van der Waals surface area contributed by atoms with Gasteiger partial charge in [-0.15, -0.1) is 11.6 Å². The van der Waals surface area contributed by atoms with Crippen molar-refractivity contribution in [2.75, 3.05) is 17.3 Å². The van der Waals surface area contributed by atoms with Gasteiger partial charge >= 0.3 is 0 Å². The minimum Gasteiger partial charge on any atom is -0.397 e. The van der Waals surface area contributed by atoms with Crippen LogP contribution in [0.4, 0.5) is 11.4 Å². The van der Waals surface area contributed by atoms with E-state index in [0.29, 0.717) is 17.3 Å². The Morgan fingerprint density at radius 1 is 1.29 bits per heavy atom. The molecule has 0 unspecified atom stereocenters. The molecule has 0 saturated heterocycles. The Hall–Kier alpha value is -1.15. The molecule has 0 aliphatic carbocycles. The van der Waals surface area contributed by atoms with Gasteiger partial charge in [0.1, 0.15) is 0 Å². The van der Waals surface area contributed by atoms with Crippen LogP contribution in [0, 0.1) is 6.92 Å². The fourth-order valence-electron chi connectivity index (χ4n) is 1.22. The lowest BCUT2D eigenvalue weighted by molar-refractivity contribution is 1.24. The number of rotatable bonds is 3. The van der Waals surface area contributed by atoms with Crippen molar-refractivity contribution in [2.24, 2.45) is 0 Å². The minimum atomic E-state index is 0.626. The number of aryl methyl sites for hydroxylation is 1. The molecule has 3 heteroatoms. The molecule has 0 bridgehead atoms. The summed E-state index contributed by atoms with van der Waals surface area (Å²) in [5.74, 6) is 0.639. The molecule has 0 atom stereocenters. The van der Waals surface area contributed by atoms with Gasteiger partial charge in [-0.1, -0.05) is 12.2 Å². The van der Waals surface area contributed by atoms with E-state index in [9.17, 15) is 0 Å². The van der Waals surface area contributed by atoms with Crippen LogP contribution in [0.25, 0.3) is 6.08 Å². The topological polar surface area (TPSA) is 52.0 Å². The van der Waals surface area contributed by atoms with Gasteiger partial charge in [-0.25, -0.2) is 0 Å². The van der Waals surface area contributed by atoms with Crippen molar-refractivity contribution in [2.45, 2.75) is 13.3 Å².